The molecule has 0 amide bonds. The van der Waals surface area contributed by atoms with Crippen molar-refractivity contribution in [1.29, 1.82) is 0 Å². The van der Waals surface area contributed by atoms with Gasteiger partial charge >= 0.3 is 0 Å². The Morgan fingerprint density at radius 3 is 1.55 bits per heavy atom. The Balaban J connectivity index is 1.20. The monoisotopic (exact) mass is 765 g/mol. The number of rotatable bonds is 4. The van der Waals surface area contributed by atoms with E-state index in [1.807, 2.05) is 0 Å². The van der Waals surface area contributed by atoms with E-state index >= 15 is 0 Å². The van der Waals surface area contributed by atoms with Gasteiger partial charge in [0, 0.05) is 33.0 Å². The molecular weight excluding hydrogens is 727 g/mol. The lowest BCUT2D eigenvalue weighted by Gasteiger charge is -2.23. The summed E-state index contributed by atoms with van der Waals surface area (Å²) in [7, 11) is 0. The Morgan fingerprint density at radius 1 is 0.383 bits per heavy atom. The van der Waals surface area contributed by atoms with E-state index in [1.165, 1.54) is 77.3 Å². The molecule has 1 saturated carbocycles. The maximum Gasteiger partial charge on any atom is 0.162 e. The largest absolute Gasteiger partial charge is 0.308 e. The molecule has 2 bridgehead atoms. The number of fused-ring (bicyclic) bond motifs is 16. The molecule has 9 aromatic carbocycles. The van der Waals surface area contributed by atoms with Crippen molar-refractivity contribution < 1.29 is 0 Å². The third-order valence-corrected chi connectivity index (χ3v) is 13.6. The highest BCUT2D eigenvalue weighted by molar-refractivity contribution is 6.26. The van der Waals surface area contributed by atoms with E-state index < -0.39 is 0 Å². The highest BCUT2D eigenvalue weighted by atomic mass is 15.0. The molecule has 282 valence electrons. The van der Waals surface area contributed by atoms with Crippen molar-refractivity contribution >= 4 is 54.1 Å². The number of hydrogen-bond acceptors (Lipinski definition) is 2. The molecular formula is C57H39N3. The lowest BCUT2D eigenvalue weighted by molar-refractivity contribution is 0.695. The van der Waals surface area contributed by atoms with E-state index in [1.54, 1.807) is 0 Å². The molecule has 2 aromatic heterocycles. The number of benzene rings is 9. The zero-order valence-electron chi connectivity index (χ0n) is 33.0. The van der Waals surface area contributed by atoms with Crippen LogP contribution in [0.25, 0.3) is 105 Å². The smallest absolute Gasteiger partial charge is 0.162 e. The molecule has 2 aliphatic rings. The maximum atomic E-state index is 5.88. The lowest BCUT2D eigenvalue weighted by atomic mass is 9.87. The first-order valence-corrected chi connectivity index (χ1v) is 21.3. The van der Waals surface area contributed by atoms with Gasteiger partial charge in [-0.3, -0.25) is 0 Å². The van der Waals surface area contributed by atoms with E-state index in [2.05, 4.69) is 193 Å². The third-order valence-electron chi connectivity index (χ3n) is 13.6. The fraction of sp³-hybridized carbons (Fsp3) is 0.0877. The normalized spacial score (nSPS) is 15.8. The van der Waals surface area contributed by atoms with Crippen LogP contribution in [-0.4, -0.2) is 14.5 Å². The molecule has 2 aliphatic carbocycles. The molecule has 2 unspecified atom stereocenters. The highest BCUT2D eigenvalue weighted by Gasteiger charge is 2.38. The molecule has 0 spiro atoms. The summed E-state index contributed by atoms with van der Waals surface area (Å²) in [6.07, 6.45) is 3.44. The Hall–Kier alpha value is -7.36. The average molecular weight is 766 g/mol. The summed E-state index contributed by atoms with van der Waals surface area (Å²) < 4.78 is 2.46. The van der Waals surface area contributed by atoms with Crippen LogP contribution in [0.15, 0.2) is 188 Å². The molecule has 2 atom stereocenters. The van der Waals surface area contributed by atoms with E-state index in [-0.39, 0.29) is 0 Å². The molecule has 1 fully saturated rings. The van der Waals surface area contributed by atoms with Crippen molar-refractivity contribution in [2.24, 2.45) is 0 Å². The average Bonchev–Trinajstić information content (AvgIpc) is 3.91. The quantitative estimate of drug-likeness (QED) is 0.167. The molecule has 0 radical (unpaired) electrons. The molecule has 60 heavy (non-hydrogen) atoms. The Kier molecular flexibility index (Phi) is 7.32. The standard InChI is InChI=1S/C57H39N3/c1-3-15-35(16-4-1)37-29-30-40-38-27-28-39(31-38)54-55(36-17-5-2-6-18-36)58-57(59-56(54)49(40)32-37)50-33-47-43-21-9-7-19-41(43)42-20-8-10-22-44(42)48(47)34-53(50)60-51-25-13-11-23-45(51)46-24-12-14-26-52(46)60/h1-26,29-30,32-34,38-39H,27-28,31H2. The van der Waals surface area contributed by atoms with Gasteiger partial charge in [-0.05, 0) is 110 Å². The van der Waals surface area contributed by atoms with Gasteiger partial charge in [-0.2, -0.15) is 0 Å². The van der Waals surface area contributed by atoms with Crippen LogP contribution < -0.4 is 0 Å². The van der Waals surface area contributed by atoms with Gasteiger partial charge in [0.1, 0.15) is 0 Å². The first kappa shape index (κ1) is 33.6. The summed E-state index contributed by atoms with van der Waals surface area (Å²) in [5.74, 6) is 1.62. The van der Waals surface area contributed by atoms with Crippen LogP contribution in [0.5, 0.6) is 0 Å². The van der Waals surface area contributed by atoms with Crippen molar-refractivity contribution in [2.45, 2.75) is 31.1 Å². The van der Waals surface area contributed by atoms with Gasteiger partial charge < -0.3 is 4.57 Å². The van der Waals surface area contributed by atoms with Gasteiger partial charge in [-0.25, -0.2) is 9.97 Å². The van der Waals surface area contributed by atoms with Gasteiger partial charge in [-0.1, -0.05) is 158 Å². The summed E-state index contributed by atoms with van der Waals surface area (Å²) in [5, 5.41) is 9.87. The zero-order chi connectivity index (χ0) is 39.3. The minimum Gasteiger partial charge on any atom is -0.308 e. The summed E-state index contributed by atoms with van der Waals surface area (Å²) in [4.78, 5) is 11.7. The maximum absolute atomic E-state index is 5.88. The second-order valence-corrected chi connectivity index (χ2v) is 16.8. The van der Waals surface area contributed by atoms with Crippen LogP contribution in [0.2, 0.25) is 0 Å². The topological polar surface area (TPSA) is 30.7 Å². The lowest BCUT2D eigenvalue weighted by Crippen LogP contribution is -2.08. The predicted molar refractivity (Wildman–Crippen MR) is 250 cm³/mol. The van der Waals surface area contributed by atoms with Crippen LogP contribution in [-0.2, 0) is 0 Å². The van der Waals surface area contributed by atoms with Crippen LogP contribution >= 0.6 is 0 Å². The van der Waals surface area contributed by atoms with Crippen LogP contribution in [0.3, 0.4) is 0 Å². The Bertz CT molecular complexity index is 3470. The van der Waals surface area contributed by atoms with E-state index in [4.69, 9.17) is 9.97 Å². The summed E-state index contributed by atoms with van der Waals surface area (Å²) in [6.45, 7) is 0. The van der Waals surface area contributed by atoms with Crippen molar-refractivity contribution in [1.82, 2.24) is 14.5 Å². The highest BCUT2D eigenvalue weighted by Crippen LogP contribution is 2.55. The van der Waals surface area contributed by atoms with Crippen molar-refractivity contribution in [2.75, 3.05) is 0 Å². The van der Waals surface area contributed by atoms with Crippen molar-refractivity contribution in [3.05, 3.63) is 199 Å². The molecule has 0 N–H and O–H groups in total. The van der Waals surface area contributed by atoms with E-state index in [0.29, 0.717) is 11.8 Å². The summed E-state index contributed by atoms with van der Waals surface area (Å²) >= 11 is 0. The zero-order valence-corrected chi connectivity index (χ0v) is 33.0. The van der Waals surface area contributed by atoms with Gasteiger partial charge in [0.25, 0.3) is 0 Å². The first-order valence-electron chi connectivity index (χ1n) is 21.3. The predicted octanol–water partition coefficient (Wildman–Crippen LogP) is 15.1. The molecule has 11 aromatic rings. The number of aromatic nitrogens is 3. The number of nitrogens with zero attached hydrogens (tertiary/aromatic N) is 3. The molecule has 3 heteroatoms. The van der Waals surface area contributed by atoms with Crippen LogP contribution in [0, 0.1) is 0 Å². The van der Waals surface area contributed by atoms with Gasteiger partial charge in [-0.15, -0.1) is 0 Å². The Morgan fingerprint density at radius 2 is 0.900 bits per heavy atom. The third kappa shape index (κ3) is 4.96. The van der Waals surface area contributed by atoms with Crippen molar-refractivity contribution in [3.8, 4) is 50.7 Å². The second-order valence-electron chi connectivity index (χ2n) is 16.8. The first-order chi connectivity index (χ1) is 29.8. The minimum atomic E-state index is 0.380. The van der Waals surface area contributed by atoms with Gasteiger partial charge in [0.2, 0.25) is 0 Å². The summed E-state index contributed by atoms with van der Waals surface area (Å²) in [5.41, 5.74) is 14.1. The fourth-order valence-electron chi connectivity index (χ4n) is 10.9. The fourth-order valence-corrected chi connectivity index (χ4v) is 10.9. The van der Waals surface area contributed by atoms with Gasteiger partial charge in [0.15, 0.2) is 5.82 Å². The van der Waals surface area contributed by atoms with Gasteiger partial charge in [0.05, 0.1) is 28.1 Å². The van der Waals surface area contributed by atoms with Crippen LogP contribution in [0.4, 0.5) is 0 Å². The number of para-hydroxylation sites is 2. The van der Waals surface area contributed by atoms with Crippen LogP contribution in [0.1, 0.15) is 42.2 Å². The SMILES string of the molecule is c1ccc(-c2ccc3c(c2)-c2nc(-c4cc5c6ccccc6c6ccccc6c5cc4-n4c5ccccc5c5ccccc54)nc(-c4ccccc4)c2C2CCC3C2)cc1. The Labute approximate surface area is 348 Å². The second kappa shape index (κ2) is 13.1. The number of hydrogen-bond donors (Lipinski definition) is 0. The molecule has 0 aliphatic heterocycles. The van der Waals surface area contributed by atoms with Crippen molar-refractivity contribution in [3.63, 3.8) is 0 Å². The van der Waals surface area contributed by atoms with E-state index in [0.717, 1.165) is 57.9 Å². The molecule has 3 nitrogen and oxygen atoms in total. The summed E-state index contributed by atoms with van der Waals surface area (Å²) in [6, 6.07) is 69.0. The van der Waals surface area contributed by atoms with E-state index in [9.17, 15) is 0 Å². The minimum absolute atomic E-state index is 0.380. The molecule has 0 saturated heterocycles. The molecule has 2 heterocycles. The molecule has 13 rings (SSSR count).